The molecular formula is C16H14N4O2. The van der Waals surface area contributed by atoms with Gasteiger partial charge >= 0.3 is 0 Å². The van der Waals surface area contributed by atoms with Crippen LogP contribution in [0.4, 0.5) is 5.69 Å². The van der Waals surface area contributed by atoms with E-state index in [9.17, 15) is 10.0 Å². The van der Waals surface area contributed by atoms with E-state index in [0.29, 0.717) is 11.5 Å². The first-order valence-electron chi connectivity index (χ1n) is 7.01. The molecule has 3 aromatic rings. The molecule has 1 aliphatic heterocycles. The molecule has 0 aliphatic carbocycles. The number of rotatable bonds is 1. The first-order chi connectivity index (χ1) is 10.5. The van der Waals surface area contributed by atoms with E-state index >= 15 is 0 Å². The number of aromatic nitrogens is 3. The molecule has 2 N–H and O–H groups in total. The zero-order valence-corrected chi connectivity index (χ0v) is 12.2. The largest absolute Gasteiger partial charge is 0.618 e. The van der Waals surface area contributed by atoms with Gasteiger partial charge in [0.25, 0.3) is 5.69 Å². The van der Waals surface area contributed by atoms with Gasteiger partial charge < -0.3 is 15.5 Å². The molecular weight excluding hydrogens is 280 g/mol. The fraction of sp³-hybridized carbons (Fsp3) is 0.188. The number of H-pyrrole nitrogens is 1. The van der Waals surface area contributed by atoms with Crippen LogP contribution in [0, 0.1) is 5.21 Å². The first-order valence-corrected chi connectivity index (χ1v) is 7.01. The Balaban J connectivity index is 1.91. The summed E-state index contributed by atoms with van der Waals surface area (Å²) >= 11 is 0. The molecule has 4 rings (SSSR count). The van der Waals surface area contributed by atoms with Crippen LogP contribution in [0.1, 0.15) is 19.4 Å². The monoisotopic (exact) mass is 294 g/mol. The van der Waals surface area contributed by atoms with Gasteiger partial charge in [-0.2, -0.15) is 4.73 Å². The molecule has 0 saturated heterocycles. The number of nitrogens with zero attached hydrogens (tertiary/aromatic N) is 2. The molecule has 3 heterocycles. The van der Waals surface area contributed by atoms with Crippen LogP contribution < -0.4 is 10.0 Å². The lowest BCUT2D eigenvalue weighted by atomic mass is 9.86. The number of fused-ring (bicyclic) bond motifs is 2. The van der Waals surface area contributed by atoms with Crippen LogP contribution in [0.5, 0.6) is 0 Å². The maximum absolute atomic E-state index is 12.0. The number of aromatic amines is 1. The van der Waals surface area contributed by atoms with Crippen LogP contribution in [0.25, 0.3) is 22.6 Å². The highest BCUT2D eigenvalue weighted by Gasteiger charge is 2.38. The third-order valence-corrected chi connectivity index (χ3v) is 4.18. The molecule has 0 unspecified atom stereocenters. The van der Waals surface area contributed by atoms with Gasteiger partial charge in [0.15, 0.2) is 6.20 Å². The molecule has 110 valence electrons. The molecule has 1 aliphatic rings. The number of hydrogen-bond acceptors (Lipinski definition) is 3. The van der Waals surface area contributed by atoms with Gasteiger partial charge in [-0.15, -0.1) is 0 Å². The second kappa shape index (κ2) is 4.07. The number of carbonyl (C=O) groups is 1. The molecule has 1 aromatic carbocycles. The third-order valence-electron chi connectivity index (χ3n) is 4.18. The highest BCUT2D eigenvalue weighted by atomic mass is 16.5. The number of imidazole rings is 1. The SMILES string of the molecule is CC1(C)C(=O)Nc2cc3[nH]c(-c4cccc[n+]4[O-])nc3cc21. The van der Waals surface area contributed by atoms with E-state index in [1.54, 1.807) is 18.2 Å². The van der Waals surface area contributed by atoms with E-state index in [0.717, 1.165) is 27.0 Å². The number of pyridine rings is 1. The lowest BCUT2D eigenvalue weighted by molar-refractivity contribution is -0.594. The summed E-state index contributed by atoms with van der Waals surface area (Å²) in [6.07, 6.45) is 1.44. The number of nitrogens with one attached hydrogen (secondary N) is 2. The summed E-state index contributed by atoms with van der Waals surface area (Å²) in [5.41, 5.74) is 3.13. The summed E-state index contributed by atoms with van der Waals surface area (Å²) in [6, 6.07) is 8.95. The highest BCUT2D eigenvalue weighted by Crippen LogP contribution is 2.39. The highest BCUT2D eigenvalue weighted by molar-refractivity contribution is 6.07. The van der Waals surface area contributed by atoms with Gasteiger partial charge in [-0.1, -0.05) is 0 Å². The summed E-state index contributed by atoms with van der Waals surface area (Å²) < 4.78 is 0.775. The van der Waals surface area contributed by atoms with E-state index in [1.807, 2.05) is 26.0 Å². The Bertz CT molecular complexity index is 927. The van der Waals surface area contributed by atoms with E-state index in [1.165, 1.54) is 6.20 Å². The fourth-order valence-electron chi connectivity index (χ4n) is 2.81. The minimum absolute atomic E-state index is 0.0177. The third kappa shape index (κ3) is 1.64. The number of anilines is 1. The molecule has 0 fully saturated rings. The maximum atomic E-state index is 12.0. The van der Waals surface area contributed by atoms with Crippen LogP contribution in [0.3, 0.4) is 0 Å². The normalized spacial score (nSPS) is 15.8. The molecule has 0 saturated carbocycles. The lowest BCUT2D eigenvalue weighted by Gasteiger charge is -2.14. The summed E-state index contributed by atoms with van der Waals surface area (Å²) in [4.78, 5) is 19.6. The Hall–Kier alpha value is -2.89. The van der Waals surface area contributed by atoms with Crippen molar-refractivity contribution >= 4 is 22.6 Å². The Kier molecular flexibility index (Phi) is 2.37. The summed E-state index contributed by atoms with van der Waals surface area (Å²) in [7, 11) is 0. The zero-order valence-electron chi connectivity index (χ0n) is 12.2. The van der Waals surface area contributed by atoms with E-state index in [4.69, 9.17) is 0 Å². The van der Waals surface area contributed by atoms with Gasteiger partial charge in [0.2, 0.25) is 11.7 Å². The molecule has 0 atom stereocenters. The lowest BCUT2D eigenvalue weighted by Crippen LogP contribution is -2.28. The number of amides is 1. The smallest absolute Gasteiger partial charge is 0.259 e. The number of benzene rings is 1. The second-order valence-electron chi connectivity index (χ2n) is 5.99. The van der Waals surface area contributed by atoms with Crippen molar-refractivity contribution in [1.29, 1.82) is 0 Å². The van der Waals surface area contributed by atoms with Gasteiger partial charge in [0.1, 0.15) is 0 Å². The molecule has 22 heavy (non-hydrogen) atoms. The van der Waals surface area contributed by atoms with Crippen LogP contribution in [-0.2, 0) is 10.2 Å². The quantitative estimate of drug-likeness (QED) is 0.532. The van der Waals surface area contributed by atoms with Crippen molar-refractivity contribution in [2.45, 2.75) is 19.3 Å². The van der Waals surface area contributed by atoms with Gasteiger partial charge in [-0.25, -0.2) is 4.98 Å². The first kappa shape index (κ1) is 12.8. The van der Waals surface area contributed by atoms with E-state index < -0.39 is 5.41 Å². The Morgan fingerprint density at radius 1 is 1.27 bits per heavy atom. The van der Waals surface area contributed by atoms with Crippen molar-refractivity contribution < 1.29 is 9.52 Å². The Morgan fingerprint density at radius 3 is 2.86 bits per heavy atom. The number of hydrogen-bond donors (Lipinski definition) is 2. The van der Waals surface area contributed by atoms with Crippen molar-refractivity contribution in [3.63, 3.8) is 0 Å². The number of carbonyl (C=O) groups excluding carboxylic acids is 1. The average Bonchev–Trinajstić information content (AvgIpc) is 2.97. The molecule has 1 amide bonds. The molecule has 0 bridgehead atoms. The van der Waals surface area contributed by atoms with E-state index in [-0.39, 0.29) is 5.91 Å². The van der Waals surface area contributed by atoms with E-state index in [2.05, 4.69) is 15.3 Å². The van der Waals surface area contributed by atoms with Crippen LogP contribution in [0.2, 0.25) is 0 Å². The predicted molar refractivity (Wildman–Crippen MR) is 82.1 cm³/mol. The van der Waals surface area contributed by atoms with Crippen molar-refractivity contribution in [2.75, 3.05) is 5.32 Å². The topological polar surface area (TPSA) is 84.7 Å². The molecule has 0 radical (unpaired) electrons. The van der Waals surface area contributed by atoms with Crippen molar-refractivity contribution in [1.82, 2.24) is 9.97 Å². The predicted octanol–water partition coefficient (Wildman–Crippen LogP) is 2.09. The minimum Gasteiger partial charge on any atom is -0.618 e. The van der Waals surface area contributed by atoms with Crippen molar-refractivity contribution in [3.05, 3.63) is 47.3 Å². The van der Waals surface area contributed by atoms with Crippen LogP contribution in [0.15, 0.2) is 36.5 Å². The standard InChI is InChI=1S/C16H14N4O2/c1-16(2)9-7-11-12(8-10(9)19-15(16)21)18-14(17-11)13-5-3-4-6-20(13)22/h3-8H,1-2H3,(H,17,18)(H,19,21). The van der Waals surface area contributed by atoms with Gasteiger partial charge in [-0.05, 0) is 37.6 Å². The van der Waals surface area contributed by atoms with Gasteiger partial charge in [-0.3, -0.25) is 4.79 Å². The molecule has 2 aromatic heterocycles. The molecule has 0 spiro atoms. The van der Waals surface area contributed by atoms with Gasteiger partial charge in [0.05, 0.1) is 16.4 Å². The van der Waals surface area contributed by atoms with Gasteiger partial charge in [0, 0.05) is 17.8 Å². The molecule has 6 nitrogen and oxygen atoms in total. The Morgan fingerprint density at radius 2 is 2.09 bits per heavy atom. The molecule has 6 heteroatoms. The van der Waals surface area contributed by atoms with Crippen LogP contribution in [-0.4, -0.2) is 15.9 Å². The summed E-state index contributed by atoms with van der Waals surface area (Å²) in [6.45, 7) is 3.77. The summed E-state index contributed by atoms with van der Waals surface area (Å²) in [5.74, 6) is 0.495. The van der Waals surface area contributed by atoms with Crippen molar-refractivity contribution in [3.8, 4) is 11.5 Å². The summed E-state index contributed by atoms with van der Waals surface area (Å²) in [5, 5.41) is 14.7. The van der Waals surface area contributed by atoms with Crippen LogP contribution >= 0.6 is 0 Å². The maximum Gasteiger partial charge on any atom is 0.259 e. The second-order valence-corrected chi connectivity index (χ2v) is 5.99. The zero-order chi connectivity index (χ0) is 15.5. The Labute approximate surface area is 126 Å². The average molecular weight is 294 g/mol. The fourth-order valence-corrected chi connectivity index (χ4v) is 2.81. The van der Waals surface area contributed by atoms with Crippen molar-refractivity contribution in [2.24, 2.45) is 0 Å². The minimum atomic E-state index is -0.576.